The van der Waals surface area contributed by atoms with E-state index in [1.54, 1.807) is 0 Å². The lowest BCUT2D eigenvalue weighted by atomic mass is 10.2. The molecule has 1 atom stereocenters. The minimum atomic E-state index is -1.04. The number of ether oxygens (including phenoxy) is 3. The lowest BCUT2D eigenvalue weighted by molar-refractivity contribution is -0.174. The summed E-state index contributed by atoms with van der Waals surface area (Å²) in [5, 5.41) is 10.8. The Bertz CT molecular complexity index is 1200. The van der Waals surface area contributed by atoms with Crippen LogP contribution in [0.25, 0.3) is 0 Å². The number of pyridine rings is 1. The average molecular weight is 709 g/mol. The van der Waals surface area contributed by atoms with Crippen LogP contribution in [0.4, 0.5) is 5.82 Å². The SMILES string of the molecule is CC(C)(C)OC(=O)CN1CCN(CC(=O)NNc2ccc(C(N)=O)cn2)CCN(CC(=O)OC(C)(C)C)CCN(CC(O)OC(C)(C)C)CC1. The zero-order valence-electron chi connectivity index (χ0n) is 31.4. The van der Waals surface area contributed by atoms with Crippen LogP contribution in [-0.4, -0.2) is 155 Å². The summed E-state index contributed by atoms with van der Waals surface area (Å²) in [4.78, 5) is 62.3. The summed E-state index contributed by atoms with van der Waals surface area (Å²) in [6.07, 6.45) is 0.269. The molecule has 0 aliphatic carbocycles. The number of aromatic nitrogens is 1. The van der Waals surface area contributed by atoms with Crippen molar-refractivity contribution in [1.29, 1.82) is 0 Å². The Morgan fingerprint density at radius 1 is 0.740 bits per heavy atom. The maximum atomic E-state index is 13.1. The molecular formula is C34H60N8O8. The topological polar surface area (TPSA) is 192 Å². The number of hydrogen-bond acceptors (Lipinski definition) is 14. The van der Waals surface area contributed by atoms with Crippen molar-refractivity contribution in [3.8, 4) is 0 Å². The van der Waals surface area contributed by atoms with Crippen LogP contribution in [0, 0.1) is 0 Å². The van der Waals surface area contributed by atoms with Gasteiger partial charge in [-0.3, -0.25) is 49.6 Å². The number of aliphatic hydroxyl groups excluding tert-OH is 1. The van der Waals surface area contributed by atoms with Gasteiger partial charge in [0.15, 0.2) is 6.29 Å². The highest BCUT2D eigenvalue weighted by Gasteiger charge is 2.26. The molecule has 5 N–H and O–H groups in total. The number of primary amides is 1. The zero-order chi connectivity index (χ0) is 37.7. The predicted molar refractivity (Wildman–Crippen MR) is 189 cm³/mol. The van der Waals surface area contributed by atoms with E-state index in [0.717, 1.165) is 0 Å². The van der Waals surface area contributed by atoms with Crippen LogP contribution >= 0.6 is 0 Å². The molecule has 50 heavy (non-hydrogen) atoms. The second kappa shape index (κ2) is 19.3. The molecule has 284 valence electrons. The van der Waals surface area contributed by atoms with E-state index in [9.17, 15) is 24.3 Å². The molecule has 0 bridgehead atoms. The van der Waals surface area contributed by atoms with Gasteiger partial charge in [-0.2, -0.15) is 0 Å². The van der Waals surface area contributed by atoms with Crippen LogP contribution in [0.15, 0.2) is 18.3 Å². The van der Waals surface area contributed by atoms with Crippen molar-refractivity contribution in [2.24, 2.45) is 5.73 Å². The Balaban J connectivity index is 2.25. The number of β-amino-alcohol motifs (C(OH)–C–C–N with tert-alkyl or cyclic N) is 1. The molecule has 2 amide bonds. The van der Waals surface area contributed by atoms with E-state index in [4.69, 9.17) is 19.9 Å². The van der Waals surface area contributed by atoms with E-state index >= 15 is 0 Å². The molecule has 1 saturated heterocycles. The Morgan fingerprint density at radius 3 is 1.56 bits per heavy atom. The number of carbonyl (C=O) groups is 4. The second-order valence-electron chi connectivity index (χ2n) is 15.5. The molecule has 0 spiro atoms. The zero-order valence-corrected chi connectivity index (χ0v) is 31.4. The Labute approximate surface area is 296 Å². The summed E-state index contributed by atoms with van der Waals surface area (Å²) < 4.78 is 17.0. The summed E-state index contributed by atoms with van der Waals surface area (Å²) >= 11 is 0. The third-order valence-electron chi connectivity index (χ3n) is 7.12. The smallest absolute Gasteiger partial charge is 0.320 e. The summed E-state index contributed by atoms with van der Waals surface area (Å²) in [6, 6.07) is 3.02. The third kappa shape index (κ3) is 19.1. The number of hydrazine groups is 1. The Morgan fingerprint density at radius 2 is 1.18 bits per heavy atom. The molecule has 2 heterocycles. The van der Waals surface area contributed by atoms with Crippen molar-refractivity contribution in [1.82, 2.24) is 30.0 Å². The fraction of sp³-hybridized carbons (Fsp3) is 0.735. The molecule has 1 aromatic heterocycles. The van der Waals surface area contributed by atoms with Gasteiger partial charge in [0, 0.05) is 65.1 Å². The van der Waals surface area contributed by atoms with Crippen LogP contribution in [0.2, 0.25) is 0 Å². The van der Waals surface area contributed by atoms with Gasteiger partial charge in [0.05, 0.1) is 30.8 Å². The lowest BCUT2D eigenvalue weighted by Crippen LogP contribution is -2.51. The first-order chi connectivity index (χ1) is 23.1. The van der Waals surface area contributed by atoms with Crippen molar-refractivity contribution < 1.29 is 38.5 Å². The Hall–Kier alpha value is -3.41. The van der Waals surface area contributed by atoms with Gasteiger partial charge < -0.3 is 25.1 Å². The fourth-order valence-corrected chi connectivity index (χ4v) is 5.00. The van der Waals surface area contributed by atoms with Crippen molar-refractivity contribution in [3.05, 3.63) is 23.9 Å². The monoisotopic (exact) mass is 708 g/mol. The number of anilines is 1. The minimum absolute atomic E-state index is 0.00931. The van der Waals surface area contributed by atoms with Gasteiger partial charge in [0.2, 0.25) is 5.91 Å². The van der Waals surface area contributed by atoms with E-state index in [2.05, 4.69) is 20.7 Å². The van der Waals surface area contributed by atoms with Crippen molar-refractivity contribution >= 4 is 29.6 Å². The molecule has 1 aliphatic heterocycles. The molecule has 1 aromatic rings. The number of aliphatic hydroxyl groups is 1. The third-order valence-corrected chi connectivity index (χ3v) is 7.12. The quantitative estimate of drug-likeness (QED) is 0.135. The Kier molecular flexibility index (Phi) is 16.5. The van der Waals surface area contributed by atoms with Crippen LogP contribution < -0.4 is 16.6 Å². The van der Waals surface area contributed by atoms with E-state index < -0.39 is 29.0 Å². The molecule has 0 saturated carbocycles. The van der Waals surface area contributed by atoms with Crippen LogP contribution in [0.3, 0.4) is 0 Å². The van der Waals surface area contributed by atoms with Gasteiger partial charge in [0.1, 0.15) is 17.0 Å². The summed E-state index contributed by atoms with van der Waals surface area (Å²) in [7, 11) is 0. The number of hydrogen-bond donors (Lipinski definition) is 4. The molecule has 16 heteroatoms. The number of nitrogens with two attached hydrogens (primary N) is 1. The highest BCUT2D eigenvalue weighted by Crippen LogP contribution is 2.13. The van der Waals surface area contributed by atoms with E-state index in [1.807, 2.05) is 77.0 Å². The summed E-state index contributed by atoms with van der Waals surface area (Å²) in [6.45, 7) is 20.6. The normalized spacial score (nSPS) is 17.6. The van der Waals surface area contributed by atoms with Crippen molar-refractivity contribution in [2.45, 2.75) is 85.4 Å². The van der Waals surface area contributed by atoms with Gasteiger partial charge in [-0.05, 0) is 74.4 Å². The largest absolute Gasteiger partial charge is 0.459 e. The molecule has 0 radical (unpaired) electrons. The van der Waals surface area contributed by atoms with Crippen molar-refractivity contribution in [3.63, 3.8) is 0 Å². The average Bonchev–Trinajstić information content (AvgIpc) is 2.94. The predicted octanol–water partition coefficient (Wildman–Crippen LogP) is 0.662. The molecular weight excluding hydrogens is 648 g/mol. The first kappa shape index (κ1) is 42.8. The first-order valence-corrected chi connectivity index (χ1v) is 17.1. The maximum Gasteiger partial charge on any atom is 0.320 e. The molecule has 0 aromatic carbocycles. The first-order valence-electron chi connectivity index (χ1n) is 17.1. The van der Waals surface area contributed by atoms with Crippen LogP contribution in [0.1, 0.15) is 72.7 Å². The number of amides is 2. The van der Waals surface area contributed by atoms with Gasteiger partial charge in [-0.25, -0.2) is 4.98 Å². The van der Waals surface area contributed by atoms with Crippen LogP contribution in [0.5, 0.6) is 0 Å². The highest BCUT2D eigenvalue weighted by atomic mass is 16.6. The molecule has 2 rings (SSSR count). The van der Waals surface area contributed by atoms with E-state index in [0.29, 0.717) is 58.2 Å². The number of nitrogens with one attached hydrogen (secondary N) is 2. The summed E-state index contributed by atoms with van der Waals surface area (Å²) in [5.74, 6) is -1.34. The summed E-state index contributed by atoms with van der Waals surface area (Å²) in [5.41, 5.74) is 9.06. The highest BCUT2D eigenvalue weighted by molar-refractivity contribution is 5.92. The maximum absolute atomic E-state index is 13.1. The van der Waals surface area contributed by atoms with Gasteiger partial charge in [0.25, 0.3) is 5.91 Å². The van der Waals surface area contributed by atoms with E-state index in [1.165, 1.54) is 18.3 Å². The molecule has 1 fully saturated rings. The molecule has 1 aliphatic rings. The number of nitrogens with zero attached hydrogens (tertiary/aromatic N) is 5. The van der Waals surface area contributed by atoms with Gasteiger partial charge in [-0.1, -0.05) is 0 Å². The standard InChI is InChI=1S/C34H60N8O8/c1-32(2,3)48-28(44)22-40-14-12-39(21-27(43)38-37-26-11-10-25(20-36-26)31(35)47)13-15-41(23-29(45)49-33(4,5)6)17-19-42(18-16-40)24-30(46)50-34(7,8)9/h10-11,20,30,46H,12-19,21-24H2,1-9H3,(H2,35,47)(H,36,37)(H,38,43). The van der Waals surface area contributed by atoms with Gasteiger partial charge >= 0.3 is 11.9 Å². The number of carbonyl (C=O) groups excluding carboxylic acids is 4. The van der Waals surface area contributed by atoms with Crippen molar-refractivity contribution in [2.75, 3.05) is 84.0 Å². The molecule has 1 unspecified atom stereocenters. The van der Waals surface area contributed by atoms with Gasteiger partial charge in [-0.15, -0.1) is 0 Å². The molecule has 16 nitrogen and oxygen atoms in total. The second-order valence-corrected chi connectivity index (χ2v) is 15.5. The fourth-order valence-electron chi connectivity index (χ4n) is 5.00. The lowest BCUT2D eigenvalue weighted by Gasteiger charge is -2.35. The number of esters is 2. The number of rotatable bonds is 12. The minimum Gasteiger partial charge on any atom is -0.459 e. The van der Waals surface area contributed by atoms with Crippen LogP contribution in [-0.2, 0) is 28.6 Å². The van der Waals surface area contributed by atoms with E-state index in [-0.39, 0.29) is 49.6 Å².